The standard InChI is InChI=1S/C24H33N3O5S/c1-18(2)16-25-33(29,30)22-9-10-23(19(3)15-22)32-17-24(28)27-13-11-26(12-14-27)20-5-7-21(31-4)8-6-20/h5-10,15,18,25H,11-14,16-17H2,1-4H3. The van der Waals surface area contributed by atoms with E-state index in [9.17, 15) is 13.2 Å². The lowest BCUT2D eigenvalue weighted by Gasteiger charge is -2.36. The SMILES string of the molecule is COc1ccc(N2CCN(C(=O)COc3ccc(S(=O)(=O)NCC(C)C)cc3C)CC2)cc1. The Morgan fingerprint density at radius 3 is 2.30 bits per heavy atom. The van der Waals surface area contributed by atoms with Crippen molar-refractivity contribution >= 4 is 21.6 Å². The smallest absolute Gasteiger partial charge is 0.260 e. The number of amides is 1. The van der Waals surface area contributed by atoms with Crippen LogP contribution in [-0.2, 0) is 14.8 Å². The molecule has 0 saturated carbocycles. The van der Waals surface area contributed by atoms with Gasteiger partial charge in [0.25, 0.3) is 5.91 Å². The monoisotopic (exact) mass is 475 g/mol. The minimum absolute atomic E-state index is 0.0823. The number of methoxy groups -OCH3 is 1. The average molecular weight is 476 g/mol. The summed E-state index contributed by atoms with van der Waals surface area (Å²) < 4.78 is 38.3. The first kappa shape index (κ1) is 24.9. The van der Waals surface area contributed by atoms with E-state index in [4.69, 9.17) is 9.47 Å². The summed E-state index contributed by atoms with van der Waals surface area (Å²) in [5.74, 6) is 1.45. The van der Waals surface area contributed by atoms with Gasteiger partial charge < -0.3 is 19.3 Å². The molecule has 0 unspecified atom stereocenters. The second kappa shape index (κ2) is 10.9. The number of nitrogens with zero attached hydrogens (tertiary/aromatic N) is 2. The molecule has 0 aliphatic carbocycles. The van der Waals surface area contributed by atoms with Gasteiger partial charge in [0.2, 0.25) is 10.0 Å². The summed E-state index contributed by atoms with van der Waals surface area (Å²) in [6.07, 6.45) is 0. The predicted molar refractivity (Wildman–Crippen MR) is 128 cm³/mol. The van der Waals surface area contributed by atoms with Gasteiger partial charge in [0.15, 0.2) is 6.61 Å². The fraction of sp³-hybridized carbons (Fsp3) is 0.458. The maximum Gasteiger partial charge on any atom is 0.260 e. The van der Waals surface area contributed by atoms with Crippen LogP contribution < -0.4 is 19.1 Å². The second-order valence-electron chi connectivity index (χ2n) is 8.53. The zero-order valence-corrected chi connectivity index (χ0v) is 20.5. The van der Waals surface area contributed by atoms with Crippen LogP contribution in [0, 0.1) is 12.8 Å². The number of carbonyl (C=O) groups is 1. The van der Waals surface area contributed by atoms with Gasteiger partial charge in [0, 0.05) is 38.4 Å². The number of anilines is 1. The fourth-order valence-corrected chi connectivity index (χ4v) is 4.85. The van der Waals surface area contributed by atoms with Crippen molar-refractivity contribution in [3.05, 3.63) is 48.0 Å². The zero-order valence-electron chi connectivity index (χ0n) is 19.7. The van der Waals surface area contributed by atoms with Gasteiger partial charge in [-0.05, 0) is 60.9 Å². The van der Waals surface area contributed by atoms with Gasteiger partial charge >= 0.3 is 0 Å². The van der Waals surface area contributed by atoms with Crippen LogP contribution in [0.5, 0.6) is 11.5 Å². The quantitative estimate of drug-likeness (QED) is 0.600. The van der Waals surface area contributed by atoms with Gasteiger partial charge in [-0.2, -0.15) is 0 Å². The Morgan fingerprint density at radius 2 is 1.73 bits per heavy atom. The number of piperazine rings is 1. The summed E-state index contributed by atoms with van der Waals surface area (Å²) in [4.78, 5) is 16.9. The molecule has 3 rings (SSSR count). The molecule has 0 aromatic heterocycles. The number of hydrogen-bond donors (Lipinski definition) is 1. The highest BCUT2D eigenvalue weighted by Crippen LogP contribution is 2.23. The first-order chi connectivity index (χ1) is 15.7. The maximum atomic E-state index is 12.6. The van der Waals surface area contributed by atoms with Gasteiger partial charge in [-0.15, -0.1) is 0 Å². The lowest BCUT2D eigenvalue weighted by molar-refractivity contribution is -0.133. The summed E-state index contributed by atoms with van der Waals surface area (Å²) >= 11 is 0. The van der Waals surface area contributed by atoms with E-state index in [1.54, 1.807) is 31.1 Å². The largest absolute Gasteiger partial charge is 0.497 e. The summed E-state index contributed by atoms with van der Waals surface area (Å²) in [5.41, 5.74) is 1.77. The third kappa shape index (κ3) is 6.61. The average Bonchev–Trinajstić information content (AvgIpc) is 2.82. The Bertz CT molecular complexity index is 1050. The lowest BCUT2D eigenvalue weighted by Crippen LogP contribution is -2.50. The number of sulfonamides is 1. The predicted octanol–water partition coefficient (Wildman–Crippen LogP) is 2.67. The third-order valence-corrected chi connectivity index (χ3v) is 6.98. The van der Waals surface area contributed by atoms with Crippen LogP contribution in [0.2, 0.25) is 0 Å². The van der Waals surface area contributed by atoms with E-state index in [0.717, 1.165) is 24.5 Å². The molecular weight excluding hydrogens is 442 g/mol. The van der Waals surface area contributed by atoms with E-state index in [-0.39, 0.29) is 23.3 Å². The zero-order chi connectivity index (χ0) is 24.0. The number of nitrogens with one attached hydrogen (secondary N) is 1. The highest BCUT2D eigenvalue weighted by Gasteiger charge is 2.22. The van der Waals surface area contributed by atoms with Crippen LogP contribution in [0.4, 0.5) is 5.69 Å². The van der Waals surface area contributed by atoms with Crippen molar-refractivity contribution in [3.63, 3.8) is 0 Å². The van der Waals surface area contributed by atoms with Crippen LogP contribution in [0.1, 0.15) is 19.4 Å². The summed E-state index contributed by atoms with van der Waals surface area (Å²) in [7, 11) is -1.92. The Kier molecular flexibility index (Phi) is 8.20. The van der Waals surface area contributed by atoms with E-state index >= 15 is 0 Å². The summed E-state index contributed by atoms with van der Waals surface area (Å²) in [5, 5.41) is 0. The topological polar surface area (TPSA) is 88.2 Å². The number of benzene rings is 2. The highest BCUT2D eigenvalue weighted by atomic mass is 32.2. The Hall–Kier alpha value is -2.78. The molecule has 2 aromatic rings. The first-order valence-electron chi connectivity index (χ1n) is 11.1. The van der Waals surface area contributed by atoms with Crippen LogP contribution in [0.15, 0.2) is 47.4 Å². The molecular formula is C24H33N3O5S. The minimum atomic E-state index is -3.57. The summed E-state index contributed by atoms with van der Waals surface area (Å²) in [6, 6.07) is 12.6. The van der Waals surface area contributed by atoms with Crippen molar-refractivity contribution in [1.82, 2.24) is 9.62 Å². The molecule has 8 nitrogen and oxygen atoms in total. The van der Waals surface area contributed by atoms with E-state index < -0.39 is 10.0 Å². The van der Waals surface area contributed by atoms with Crippen molar-refractivity contribution < 1.29 is 22.7 Å². The van der Waals surface area contributed by atoms with E-state index in [1.807, 2.05) is 38.1 Å². The molecule has 1 N–H and O–H groups in total. The normalized spacial score (nSPS) is 14.5. The number of hydrogen-bond acceptors (Lipinski definition) is 6. The number of ether oxygens (including phenoxy) is 2. The van der Waals surface area contributed by atoms with E-state index in [0.29, 0.717) is 30.9 Å². The highest BCUT2D eigenvalue weighted by molar-refractivity contribution is 7.89. The number of aryl methyl sites for hydroxylation is 1. The molecule has 0 atom stereocenters. The molecule has 0 bridgehead atoms. The molecule has 1 aliphatic rings. The fourth-order valence-electron chi connectivity index (χ4n) is 3.55. The van der Waals surface area contributed by atoms with Crippen molar-refractivity contribution in [2.24, 2.45) is 5.92 Å². The first-order valence-corrected chi connectivity index (χ1v) is 12.6. The number of rotatable bonds is 9. The molecule has 1 fully saturated rings. The van der Waals surface area contributed by atoms with Gasteiger partial charge in [-0.1, -0.05) is 13.8 Å². The molecule has 1 aliphatic heterocycles. The van der Waals surface area contributed by atoms with Gasteiger partial charge in [-0.3, -0.25) is 4.79 Å². The van der Waals surface area contributed by atoms with Gasteiger partial charge in [0.05, 0.1) is 12.0 Å². The molecule has 0 radical (unpaired) electrons. The molecule has 9 heteroatoms. The van der Waals surface area contributed by atoms with Crippen LogP contribution in [0.3, 0.4) is 0 Å². The Labute approximate surface area is 196 Å². The lowest BCUT2D eigenvalue weighted by atomic mass is 10.2. The molecule has 0 spiro atoms. The molecule has 1 saturated heterocycles. The van der Waals surface area contributed by atoms with Crippen molar-refractivity contribution in [2.75, 3.05) is 51.3 Å². The Balaban J connectivity index is 1.51. The van der Waals surface area contributed by atoms with Gasteiger partial charge in [-0.25, -0.2) is 13.1 Å². The van der Waals surface area contributed by atoms with E-state index in [1.165, 1.54) is 6.07 Å². The van der Waals surface area contributed by atoms with Crippen LogP contribution >= 0.6 is 0 Å². The maximum absolute atomic E-state index is 12.6. The Morgan fingerprint density at radius 1 is 1.06 bits per heavy atom. The van der Waals surface area contributed by atoms with Crippen LogP contribution in [-0.4, -0.2) is 65.7 Å². The van der Waals surface area contributed by atoms with Crippen molar-refractivity contribution in [2.45, 2.75) is 25.7 Å². The van der Waals surface area contributed by atoms with Crippen molar-refractivity contribution in [1.29, 1.82) is 0 Å². The summed E-state index contributed by atoms with van der Waals surface area (Å²) in [6.45, 7) is 8.68. The van der Waals surface area contributed by atoms with Crippen LogP contribution in [0.25, 0.3) is 0 Å². The van der Waals surface area contributed by atoms with Crippen molar-refractivity contribution in [3.8, 4) is 11.5 Å². The third-order valence-electron chi connectivity index (χ3n) is 5.56. The molecule has 33 heavy (non-hydrogen) atoms. The minimum Gasteiger partial charge on any atom is -0.497 e. The number of carbonyl (C=O) groups excluding carboxylic acids is 1. The van der Waals surface area contributed by atoms with Gasteiger partial charge in [0.1, 0.15) is 11.5 Å². The second-order valence-corrected chi connectivity index (χ2v) is 10.3. The van der Waals surface area contributed by atoms with E-state index in [2.05, 4.69) is 9.62 Å². The molecule has 2 aromatic carbocycles. The molecule has 180 valence electrons. The molecule has 1 heterocycles. The molecule has 1 amide bonds.